The lowest BCUT2D eigenvalue weighted by molar-refractivity contribution is -0.907. The summed E-state index contributed by atoms with van der Waals surface area (Å²) in [6.45, 7) is 12.4. The third-order valence-corrected chi connectivity index (χ3v) is 4.61. The van der Waals surface area contributed by atoms with Crippen LogP contribution in [0, 0.1) is 20.8 Å². The highest BCUT2D eigenvalue weighted by Crippen LogP contribution is 2.23. The van der Waals surface area contributed by atoms with Crippen LogP contribution in [0.25, 0.3) is 0 Å². The number of hydrogen-bond acceptors (Lipinski definition) is 1. The van der Waals surface area contributed by atoms with Crippen molar-refractivity contribution in [1.82, 2.24) is 0 Å². The van der Waals surface area contributed by atoms with E-state index in [0.717, 1.165) is 40.9 Å². The van der Waals surface area contributed by atoms with Crippen LogP contribution in [0.2, 0.25) is 0 Å². The van der Waals surface area contributed by atoms with Gasteiger partial charge in [0.25, 0.3) is 5.91 Å². The van der Waals surface area contributed by atoms with Crippen molar-refractivity contribution in [1.29, 1.82) is 0 Å². The molecular formula is C17H27N2O+. The van der Waals surface area contributed by atoms with Gasteiger partial charge in [-0.05, 0) is 38.8 Å². The van der Waals surface area contributed by atoms with Crippen LogP contribution >= 0.6 is 0 Å². The molecule has 2 rings (SSSR count). The number of rotatable bonds is 4. The first-order valence-electron chi connectivity index (χ1n) is 7.68. The molecule has 0 radical (unpaired) electrons. The van der Waals surface area contributed by atoms with Crippen molar-refractivity contribution >= 4 is 11.6 Å². The molecule has 3 nitrogen and oxygen atoms in total. The summed E-state index contributed by atoms with van der Waals surface area (Å²) in [5, 5.41) is 3.14. The highest BCUT2D eigenvalue weighted by Gasteiger charge is 2.32. The second-order valence-corrected chi connectivity index (χ2v) is 6.29. The van der Waals surface area contributed by atoms with Crippen LogP contribution < -0.4 is 5.32 Å². The molecular weight excluding hydrogens is 248 g/mol. The fourth-order valence-electron chi connectivity index (χ4n) is 3.45. The maximum absolute atomic E-state index is 12.4. The molecule has 0 aliphatic carbocycles. The van der Waals surface area contributed by atoms with E-state index in [1.165, 1.54) is 18.4 Å². The Labute approximate surface area is 122 Å². The van der Waals surface area contributed by atoms with Gasteiger partial charge >= 0.3 is 0 Å². The van der Waals surface area contributed by atoms with Crippen molar-refractivity contribution < 1.29 is 9.28 Å². The Bertz CT molecular complexity index is 479. The molecule has 1 aromatic carbocycles. The van der Waals surface area contributed by atoms with Crippen molar-refractivity contribution in [3.05, 3.63) is 28.8 Å². The van der Waals surface area contributed by atoms with E-state index in [0.29, 0.717) is 6.54 Å². The molecule has 1 fully saturated rings. The lowest BCUT2D eigenvalue weighted by Gasteiger charge is -2.32. The standard InChI is InChI=1S/C17H26N2O/c1-5-19(8-6-7-9-19)12-16(20)18-17-14(3)10-13(2)11-15(17)4/h10-11H,5-9,12H2,1-4H3/p+1. The quantitative estimate of drug-likeness (QED) is 0.840. The zero-order valence-corrected chi connectivity index (χ0v) is 13.3. The normalized spacial score (nSPS) is 17.2. The molecule has 1 saturated heterocycles. The van der Waals surface area contributed by atoms with Gasteiger partial charge in [-0.25, -0.2) is 0 Å². The Morgan fingerprint density at radius 1 is 1.15 bits per heavy atom. The molecule has 0 spiro atoms. The number of nitrogens with one attached hydrogen (secondary N) is 1. The van der Waals surface area contributed by atoms with Crippen LogP contribution in [0.1, 0.15) is 36.5 Å². The topological polar surface area (TPSA) is 29.1 Å². The van der Waals surface area contributed by atoms with Crippen molar-refractivity contribution in [2.24, 2.45) is 0 Å². The molecule has 0 saturated carbocycles. The molecule has 110 valence electrons. The van der Waals surface area contributed by atoms with Crippen molar-refractivity contribution in [3.63, 3.8) is 0 Å². The summed E-state index contributed by atoms with van der Waals surface area (Å²) >= 11 is 0. The van der Waals surface area contributed by atoms with E-state index < -0.39 is 0 Å². The minimum Gasteiger partial charge on any atom is -0.321 e. The Balaban J connectivity index is 2.08. The van der Waals surface area contributed by atoms with Gasteiger partial charge in [-0.15, -0.1) is 0 Å². The smallest absolute Gasteiger partial charge is 0.279 e. The second-order valence-electron chi connectivity index (χ2n) is 6.29. The van der Waals surface area contributed by atoms with Crippen LogP contribution in [0.3, 0.4) is 0 Å². The van der Waals surface area contributed by atoms with Crippen LogP contribution in [-0.4, -0.2) is 36.6 Å². The SMILES string of the molecule is CC[N+]1(CC(=O)Nc2c(C)cc(C)cc2C)CCCC1. The van der Waals surface area contributed by atoms with E-state index in [1.54, 1.807) is 0 Å². The van der Waals surface area contributed by atoms with Gasteiger partial charge in [-0.1, -0.05) is 17.7 Å². The summed E-state index contributed by atoms with van der Waals surface area (Å²) in [7, 11) is 0. The van der Waals surface area contributed by atoms with Crippen molar-refractivity contribution in [3.8, 4) is 0 Å². The average Bonchev–Trinajstić information content (AvgIpc) is 2.83. The van der Waals surface area contributed by atoms with Gasteiger partial charge in [-0.3, -0.25) is 4.79 Å². The third kappa shape index (κ3) is 3.21. The number of quaternary nitrogens is 1. The van der Waals surface area contributed by atoms with Gasteiger partial charge in [0.1, 0.15) is 0 Å². The fourth-order valence-corrected chi connectivity index (χ4v) is 3.45. The first-order chi connectivity index (χ1) is 9.46. The summed E-state index contributed by atoms with van der Waals surface area (Å²) in [6, 6.07) is 4.26. The predicted octanol–water partition coefficient (Wildman–Crippen LogP) is 3.18. The molecule has 1 N–H and O–H groups in total. The van der Waals surface area contributed by atoms with Gasteiger partial charge in [0.15, 0.2) is 6.54 Å². The third-order valence-electron chi connectivity index (χ3n) is 4.61. The minimum atomic E-state index is 0.156. The number of aryl methyl sites for hydroxylation is 3. The van der Waals surface area contributed by atoms with E-state index in [1.807, 2.05) is 0 Å². The van der Waals surface area contributed by atoms with Crippen molar-refractivity contribution in [2.45, 2.75) is 40.5 Å². The van der Waals surface area contributed by atoms with E-state index in [2.05, 4.69) is 45.1 Å². The van der Waals surface area contributed by atoms with Gasteiger partial charge < -0.3 is 9.80 Å². The van der Waals surface area contributed by atoms with E-state index in [4.69, 9.17) is 0 Å². The van der Waals surface area contributed by atoms with Crippen LogP contribution in [0.4, 0.5) is 5.69 Å². The molecule has 1 aromatic rings. The highest BCUT2D eigenvalue weighted by molar-refractivity contribution is 5.93. The van der Waals surface area contributed by atoms with Crippen LogP contribution in [0.15, 0.2) is 12.1 Å². The summed E-state index contributed by atoms with van der Waals surface area (Å²) in [5.41, 5.74) is 4.55. The number of hydrogen-bond donors (Lipinski definition) is 1. The first kappa shape index (κ1) is 15.0. The number of carbonyl (C=O) groups is 1. The molecule has 0 aromatic heterocycles. The van der Waals surface area contributed by atoms with E-state index >= 15 is 0 Å². The second kappa shape index (κ2) is 5.96. The molecule has 0 unspecified atom stereocenters. The fraction of sp³-hybridized carbons (Fsp3) is 0.588. The monoisotopic (exact) mass is 275 g/mol. The van der Waals surface area contributed by atoms with Gasteiger partial charge in [0.05, 0.1) is 19.6 Å². The summed E-state index contributed by atoms with van der Waals surface area (Å²) in [5.74, 6) is 0.156. The predicted molar refractivity (Wildman–Crippen MR) is 83.9 cm³/mol. The lowest BCUT2D eigenvalue weighted by atomic mass is 10.1. The van der Waals surface area contributed by atoms with Gasteiger partial charge in [0, 0.05) is 18.5 Å². The zero-order chi connectivity index (χ0) is 14.8. The minimum absolute atomic E-state index is 0.156. The molecule has 0 bridgehead atoms. The molecule has 3 heteroatoms. The van der Waals surface area contributed by atoms with Crippen LogP contribution in [0.5, 0.6) is 0 Å². The Morgan fingerprint density at radius 2 is 1.70 bits per heavy atom. The Kier molecular flexibility index (Phi) is 4.48. The Hall–Kier alpha value is -1.35. The zero-order valence-electron chi connectivity index (χ0n) is 13.3. The van der Waals surface area contributed by atoms with Gasteiger partial charge in [-0.2, -0.15) is 0 Å². The average molecular weight is 275 g/mol. The molecule has 20 heavy (non-hydrogen) atoms. The lowest BCUT2D eigenvalue weighted by Crippen LogP contribution is -2.50. The maximum atomic E-state index is 12.4. The van der Waals surface area contributed by atoms with E-state index in [9.17, 15) is 4.79 Å². The highest BCUT2D eigenvalue weighted by atomic mass is 16.2. The van der Waals surface area contributed by atoms with Crippen LogP contribution in [-0.2, 0) is 4.79 Å². The largest absolute Gasteiger partial charge is 0.321 e. The maximum Gasteiger partial charge on any atom is 0.279 e. The number of anilines is 1. The van der Waals surface area contributed by atoms with E-state index in [-0.39, 0.29) is 5.91 Å². The van der Waals surface area contributed by atoms with Gasteiger partial charge in [0.2, 0.25) is 0 Å². The summed E-state index contributed by atoms with van der Waals surface area (Å²) < 4.78 is 0.954. The number of benzene rings is 1. The molecule has 1 amide bonds. The molecule has 0 atom stereocenters. The molecule has 1 heterocycles. The number of amides is 1. The molecule has 1 aliphatic heterocycles. The number of nitrogens with zero attached hydrogens (tertiary/aromatic N) is 1. The first-order valence-corrected chi connectivity index (χ1v) is 7.68. The molecule has 1 aliphatic rings. The Morgan fingerprint density at radius 3 is 2.20 bits per heavy atom. The number of likely N-dealkylation sites (tertiary alicyclic amines) is 1. The summed E-state index contributed by atoms with van der Waals surface area (Å²) in [6.07, 6.45) is 2.51. The number of carbonyl (C=O) groups excluding carboxylic acids is 1. The van der Waals surface area contributed by atoms with Crippen molar-refractivity contribution in [2.75, 3.05) is 31.5 Å². The number of likely N-dealkylation sites (N-methyl/N-ethyl adjacent to an activating group) is 1. The summed E-state index contributed by atoms with van der Waals surface area (Å²) in [4.78, 5) is 12.4.